The van der Waals surface area contributed by atoms with Gasteiger partial charge in [-0.1, -0.05) is 18.5 Å². The van der Waals surface area contributed by atoms with E-state index in [9.17, 15) is 0 Å². The van der Waals surface area contributed by atoms with E-state index in [4.69, 9.17) is 17.7 Å². The molecule has 5 heteroatoms. The highest BCUT2D eigenvalue weighted by Gasteiger charge is 2.12. The van der Waals surface area contributed by atoms with Gasteiger partial charge in [0, 0.05) is 24.8 Å². The van der Waals surface area contributed by atoms with E-state index in [0.29, 0.717) is 23.4 Å². The van der Waals surface area contributed by atoms with Crippen LogP contribution < -0.4 is 0 Å². The van der Waals surface area contributed by atoms with E-state index in [-0.39, 0.29) is 5.92 Å². The van der Waals surface area contributed by atoms with Crippen molar-refractivity contribution < 1.29 is 6.11 Å². The maximum atomic E-state index is 7.86. The summed E-state index contributed by atoms with van der Waals surface area (Å²) in [6.07, 6.45) is 3.12. The SMILES string of the molecule is [2H]c1cnn2cc(Cl)nc2c1C(C)COC. The molecule has 0 aliphatic rings. The van der Waals surface area contributed by atoms with Crippen LogP contribution in [0, 0.1) is 0 Å². The molecule has 1 unspecified atom stereocenters. The Hall–Kier alpha value is -1.13. The van der Waals surface area contributed by atoms with E-state index in [2.05, 4.69) is 10.1 Å². The second kappa shape index (κ2) is 4.16. The van der Waals surface area contributed by atoms with Gasteiger partial charge in [-0.15, -0.1) is 0 Å². The van der Waals surface area contributed by atoms with Gasteiger partial charge in [-0.25, -0.2) is 9.50 Å². The summed E-state index contributed by atoms with van der Waals surface area (Å²) in [5.74, 6) is 0.0847. The first-order valence-electron chi connectivity index (χ1n) is 5.12. The summed E-state index contributed by atoms with van der Waals surface area (Å²) < 4.78 is 14.5. The van der Waals surface area contributed by atoms with Crippen molar-refractivity contribution in [3.8, 4) is 0 Å². The first-order chi connectivity index (χ1) is 7.63. The molecule has 2 heterocycles. The largest absolute Gasteiger partial charge is 0.384 e. The minimum atomic E-state index is 0.0847. The zero-order valence-corrected chi connectivity index (χ0v) is 9.32. The lowest BCUT2D eigenvalue weighted by Gasteiger charge is -2.10. The fraction of sp³-hybridized carbons (Fsp3) is 0.400. The first kappa shape index (κ1) is 9.12. The molecular formula is C10H12ClN3O. The third-order valence-electron chi connectivity index (χ3n) is 2.21. The Bertz CT molecular complexity index is 514. The molecule has 80 valence electrons. The summed E-state index contributed by atoms with van der Waals surface area (Å²) in [4.78, 5) is 4.17. The molecule has 0 amide bonds. The Morgan fingerprint density at radius 3 is 3.27 bits per heavy atom. The molecule has 0 saturated carbocycles. The zero-order valence-electron chi connectivity index (χ0n) is 9.57. The fourth-order valence-electron chi connectivity index (χ4n) is 1.54. The zero-order chi connectivity index (χ0) is 11.7. The van der Waals surface area contributed by atoms with Crippen molar-refractivity contribution in [3.63, 3.8) is 0 Å². The number of imidazole rings is 1. The van der Waals surface area contributed by atoms with Crippen LogP contribution in [0.15, 0.2) is 18.4 Å². The van der Waals surface area contributed by atoms with Gasteiger partial charge in [0.1, 0.15) is 5.15 Å². The summed E-state index contributed by atoms with van der Waals surface area (Å²) >= 11 is 5.82. The van der Waals surface area contributed by atoms with Crippen molar-refractivity contribution in [2.45, 2.75) is 12.8 Å². The van der Waals surface area contributed by atoms with Crippen LogP contribution in [0.1, 0.15) is 19.8 Å². The monoisotopic (exact) mass is 226 g/mol. The molecule has 0 aromatic carbocycles. The third-order valence-corrected chi connectivity index (χ3v) is 2.39. The van der Waals surface area contributed by atoms with Crippen molar-refractivity contribution in [1.29, 1.82) is 0 Å². The first-order valence-corrected chi connectivity index (χ1v) is 5.00. The molecule has 0 radical (unpaired) electrons. The van der Waals surface area contributed by atoms with Crippen molar-refractivity contribution in [2.24, 2.45) is 0 Å². The van der Waals surface area contributed by atoms with Gasteiger partial charge in [0.15, 0.2) is 5.65 Å². The van der Waals surface area contributed by atoms with Crippen LogP contribution in [0.4, 0.5) is 0 Å². The Labute approximate surface area is 94.2 Å². The molecule has 2 aromatic rings. The van der Waals surface area contributed by atoms with E-state index in [1.54, 1.807) is 17.8 Å². The number of nitrogens with zero attached hydrogens (tertiary/aromatic N) is 3. The Morgan fingerprint density at radius 2 is 2.53 bits per heavy atom. The number of methoxy groups -OCH3 is 1. The molecule has 1 atom stereocenters. The average Bonchev–Trinajstić information content (AvgIpc) is 2.58. The number of halogens is 1. The number of fused-ring (bicyclic) bond motifs is 1. The Morgan fingerprint density at radius 1 is 1.73 bits per heavy atom. The average molecular weight is 227 g/mol. The van der Waals surface area contributed by atoms with E-state index >= 15 is 0 Å². The molecule has 0 bridgehead atoms. The third kappa shape index (κ3) is 1.96. The topological polar surface area (TPSA) is 39.4 Å². The molecule has 15 heavy (non-hydrogen) atoms. The molecule has 2 aromatic heterocycles. The number of hydrogen-bond acceptors (Lipinski definition) is 3. The van der Waals surface area contributed by atoms with Crippen LogP contribution in [-0.4, -0.2) is 28.3 Å². The molecule has 0 aliphatic carbocycles. The van der Waals surface area contributed by atoms with Crippen LogP contribution in [-0.2, 0) is 4.74 Å². The number of ether oxygens (including phenoxy) is 1. The lowest BCUT2D eigenvalue weighted by molar-refractivity contribution is 0.184. The predicted octanol–water partition coefficient (Wildman–Crippen LogP) is 2.13. The minimum Gasteiger partial charge on any atom is -0.384 e. The van der Waals surface area contributed by atoms with Crippen LogP contribution in [0.5, 0.6) is 0 Å². The Kier molecular flexibility index (Phi) is 2.53. The summed E-state index contributed by atoms with van der Waals surface area (Å²) in [5, 5.41) is 4.42. The molecule has 0 saturated heterocycles. The van der Waals surface area contributed by atoms with Crippen LogP contribution in [0.25, 0.3) is 5.65 Å². The van der Waals surface area contributed by atoms with E-state index in [0.717, 1.165) is 5.56 Å². The van der Waals surface area contributed by atoms with Crippen molar-refractivity contribution >= 4 is 17.2 Å². The summed E-state index contributed by atoms with van der Waals surface area (Å²) in [6, 6.07) is 0.360. The predicted molar refractivity (Wildman–Crippen MR) is 58.3 cm³/mol. The molecule has 0 aliphatic heterocycles. The Balaban J connectivity index is 2.60. The lowest BCUT2D eigenvalue weighted by atomic mass is 10.0. The van der Waals surface area contributed by atoms with Gasteiger partial charge in [0.05, 0.1) is 14.2 Å². The van der Waals surface area contributed by atoms with Gasteiger partial charge in [-0.2, -0.15) is 5.10 Å². The second-order valence-corrected chi connectivity index (χ2v) is 3.78. The van der Waals surface area contributed by atoms with Gasteiger partial charge >= 0.3 is 0 Å². The lowest BCUT2D eigenvalue weighted by Crippen LogP contribution is -2.05. The molecule has 0 spiro atoms. The molecule has 2 rings (SSSR count). The van der Waals surface area contributed by atoms with E-state index in [1.165, 1.54) is 6.20 Å². The minimum absolute atomic E-state index is 0.0847. The van der Waals surface area contributed by atoms with Crippen molar-refractivity contribution in [3.05, 3.63) is 29.2 Å². The summed E-state index contributed by atoms with van der Waals surface area (Å²) in [5.41, 5.74) is 1.44. The van der Waals surface area contributed by atoms with Gasteiger partial charge in [-0.3, -0.25) is 0 Å². The highest BCUT2D eigenvalue weighted by atomic mass is 35.5. The van der Waals surface area contributed by atoms with Crippen LogP contribution >= 0.6 is 11.6 Å². The van der Waals surface area contributed by atoms with Crippen LogP contribution in [0.2, 0.25) is 5.15 Å². The van der Waals surface area contributed by atoms with Crippen LogP contribution in [0.3, 0.4) is 0 Å². The van der Waals surface area contributed by atoms with Crippen molar-refractivity contribution in [1.82, 2.24) is 14.6 Å². The number of hydrogen-bond donors (Lipinski definition) is 0. The highest BCUT2D eigenvalue weighted by Crippen LogP contribution is 2.20. The highest BCUT2D eigenvalue weighted by molar-refractivity contribution is 6.29. The fourth-order valence-corrected chi connectivity index (χ4v) is 1.71. The standard InChI is InChI=1S/C10H12ClN3O/c1-7(6-15-2)8-3-4-12-14-5-9(11)13-10(8)14/h3-5,7H,6H2,1-2H3/i3D. The van der Waals surface area contributed by atoms with Crippen molar-refractivity contribution in [2.75, 3.05) is 13.7 Å². The molecule has 0 fully saturated rings. The van der Waals surface area contributed by atoms with E-state index < -0.39 is 0 Å². The normalized spacial score (nSPS) is 14.2. The number of aromatic nitrogens is 3. The maximum Gasteiger partial charge on any atom is 0.158 e. The van der Waals surface area contributed by atoms with Gasteiger partial charge in [-0.05, 0) is 6.04 Å². The van der Waals surface area contributed by atoms with Gasteiger partial charge < -0.3 is 4.74 Å². The quantitative estimate of drug-likeness (QED) is 0.805. The van der Waals surface area contributed by atoms with Gasteiger partial charge in [0.2, 0.25) is 0 Å². The summed E-state index contributed by atoms with van der Waals surface area (Å²) in [6.45, 7) is 2.52. The molecule has 4 nitrogen and oxygen atoms in total. The summed E-state index contributed by atoms with van der Waals surface area (Å²) in [7, 11) is 1.64. The molecule has 0 N–H and O–H groups in total. The smallest absolute Gasteiger partial charge is 0.158 e. The van der Waals surface area contributed by atoms with E-state index in [1.807, 2.05) is 6.92 Å². The maximum absolute atomic E-state index is 7.86. The van der Waals surface area contributed by atoms with Gasteiger partial charge in [0.25, 0.3) is 0 Å². The molecular weight excluding hydrogens is 214 g/mol. The second-order valence-electron chi connectivity index (χ2n) is 3.39. The number of rotatable bonds is 3.